The van der Waals surface area contributed by atoms with Gasteiger partial charge in [-0.3, -0.25) is 24.1 Å². The number of anilines is 2. The topological polar surface area (TPSA) is 172 Å². The maximum atomic E-state index is 14.2. The molecule has 2 saturated heterocycles. The van der Waals surface area contributed by atoms with E-state index >= 15 is 0 Å². The molecule has 4 aromatic carbocycles. The zero-order valence-corrected chi connectivity index (χ0v) is 40.8. The predicted molar refractivity (Wildman–Crippen MR) is 264 cm³/mol. The second-order valence-electron chi connectivity index (χ2n) is 18.8. The predicted octanol–water partition coefficient (Wildman–Crippen LogP) is 8.51. The third kappa shape index (κ3) is 11.3. The Hall–Kier alpha value is -6.93. The number of amides is 5. The van der Waals surface area contributed by atoms with Gasteiger partial charge in [-0.1, -0.05) is 57.2 Å². The molecule has 2 aliphatic heterocycles. The molecule has 3 atom stereocenters. The van der Waals surface area contributed by atoms with Gasteiger partial charge in [0.2, 0.25) is 5.91 Å². The van der Waals surface area contributed by atoms with Crippen molar-refractivity contribution in [3.8, 4) is 21.9 Å². The van der Waals surface area contributed by atoms with Gasteiger partial charge >= 0.3 is 6.03 Å². The van der Waals surface area contributed by atoms with Gasteiger partial charge in [0.25, 0.3) is 11.8 Å². The summed E-state index contributed by atoms with van der Waals surface area (Å²) in [6, 6.07) is 24.1. The van der Waals surface area contributed by atoms with Crippen LogP contribution in [0.25, 0.3) is 15.3 Å². The molecule has 0 spiro atoms. The number of benzene rings is 4. The summed E-state index contributed by atoms with van der Waals surface area (Å²) in [6.45, 7) is 20.9. The summed E-state index contributed by atoms with van der Waals surface area (Å²) in [6.07, 6.45) is -0.0313. The molecule has 15 nitrogen and oxygen atoms in total. The highest BCUT2D eigenvalue weighted by Crippen LogP contribution is 2.38. The quantitative estimate of drug-likeness (QED) is 0.0493. The van der Waals surface area contributed by atoms with Gasteiger partial charge in [0.05, 0.1) is 53.7 Å². The number of hydrogen-bond donors (Lipinski definition) is 2. The highest BCUT2D eigenvalue weighted by atomic mass is 32.1. The van der Waals surface area contributed by atoms with Gasteiger partial charge in [-0.05, 0) is 111 Å². The van der Waals surface area contributed by atoms with Crippen LogP contribution < -0.4 is 24.6 Å². The Morgan fingerprint density at radius 1 is 0.913 bits per heavy atom. The van der Waals surface area contributed by atoms with Crippen molar-refractivity contribution in [1.29, 1.82) is 0 Å². The molecule has 69 heavy (non-hydrogen) atoms. The summed E-state index contributed by atoms with van der Waals surface area (Å²) >= 11 is 1.58. The van der Waals surface area contributed by atoms with E-state index in [4.69, 9.17) is 20.8 Å². The number of carbonyl (C=O) groups is 5. The summed E-state index contributed by atoms with van der Waals surface area (Å²) in [5, 5.41) is 13.6. The first-order valence-corrected chi connectivity index (χ1v) is 23.8. The number of aromatic nitrogens is 1. The Labute approximate surface area is 406 Å². The van der Waals surface area contributed by atoms with Crippen LogP contribution in [0, 0.1) is 25.8 Å². The summed E-state index contributed by atoms with van der Waals surface area (Å²) < 4.78 is 17.5. The third-order valence-electron chi connectivity index (χ3n) is 12.4. The van der Waals surface area contributed by atoms with Crippen LogP contribution in [0.1, 0.15) is 74.6 Å². The van der Waals surface area contributed by atoms with E-state index in [9.17, 15) is 29.1 Å². The molecule has 2 fully saturated rings. The normalized spacial score (nSPS) is 17.2. The molecule has 2 aliphatic rings. The maximum Gasteiger partial charge on any atom is 0.336 e. The van der Waals surface area contributed by atoms with Crippen molar-refractivity contribution in [2.24, 2.45) is 5.41 Å². The van der Waals surface area contributed by atoms with E-state index in [0.29, 0.717) is 40.5 Å². The molecule has 7 rings (SSSR count). The number of aryl methyl sites for hydroxylation is 3. The van der Waals surface area contributed by atoms with Crippen LogP contribution in [-0.2, 0) is 25.5 Å². The van der Waals surface area contributed by atoms with Crippen molar-refractivity contribution in [3.05, 3.63) is 130 Å². The number of nitrogens with one attached hydrogen (secondary N) is 1. The molecule has 5 amide bonds. The van der Waals surface area contributed by atoms with Crippen molar-refractivity contribution >= 4 is 57.9 Å². The fourth-order valence-corrected chi connectivity index (χ4v) is 9.36. The van der Waals surface area contributed by atoms with E-state index in [1.54, 1.807) is 98.8 Å². The number of aliphatic hydroxyl groups excluding tert-OH is 1. The minimum Gasteiger partial charge on any atom is -0.491 e. The molecule has 360 valence electrons. The molecule has 3 heterocycles. The second-order valence-corrected chi connectivity index (χ2v) is 19.7. The average Bonchev–Trinajstić information content (AvgIpc) is 3.99. The zero-order chi connectivity index (χ0) is 49.6. The number of hydrogen-bond acceptors (Lipinski definition) is 11. The minimum absolute atomic E-state index is 0.000982. The second kappa shape index (κ2) is 21.2. The fraction of sp³-hybridized carbons (Fsp3) is 0.377. The number of ether oxygens (including phenoxy) is 3. The summed E-state index contributed by atoms with van der Waals surface area (Å²) in [7, 11) is 0. The molecule has 0 unspecified atom stereocenters. The SMILES string of the molecule is [C-]#[N+]c1ccc(N2C(=O)N(c3ccc(OCCOCCOc4cccc(C(=O)N[C@H](C(=O)N5C[C@H](O)C[C@H]5C(=O)CCc5ccc(-c6scnc6C)cc5)C(C)(C)C)c4)cc3)C(C)(C)C2=O)cc1C. The van der Waals surface area contributed by atoms with Gasteiger partial charge in [-0.2, -0.15) is 0 Å². The highest BCUT2D eigenvalue weighted by Gasteiger charge is 2.53. The van der Waals surface area contributed by atoms with Crippen molar-refractivity contribution in [2.75, 3.05) is 42.8 Å². The average molecular weight is 955 g/mol. The van der Waals surface area contributed by atoms with Crippen LogP contribution in [0.5, 0.6) is 11.5 Å². The van der Waals surface area contributed by atoms with Crippen LogP contribution >= 0.6 is 11.3 Å². The monoisotopic (exact) mass is 954 g/mol. The summed E-state index contributed by atoms with van der Waals surface area (Å²) in [4.78, 5) is 81.6. The standard InChI is InChI=1S/C53H58N6O9S/c1-33-28-39(19-22-43(33)54-8)58-50(64)53(6,7)59(51(58)65)38-17-20-41(21-18-38)67-26-24-66-25-27-68-42-11-9-10-37(29-42)48(62)56-47(52(3,4)5)49(63)57-31-40(60)30-44(57)45(61)23-14-35-12-15-36(16-13-35)46-34(2)55-32-69-46/h9-13,15-22,28-29,32,40,44,47,60H,14,23-27,30-31H2,1-7H3,(H,56,62)/t40-,44+,47-/m1/s1. The van der Waals surface area contributed by atoms with Gasteiger partial charge in [-0.25, -0.2) is 19.5 Å². The molecular weight excluding hydrogens is 897 g/mol. The lowest BCUT2D eigenvalue weighted by molar-refractivity contribution is -0.141. The van der Waals surface area contributed by atoms with Crippen molar-refractivity contribution in [1.82, 2.24) is 15.2 Å². The molecule has 0 radical (unpaired) electrons. The Balaban J connectivity index is 0.859. The molecule has 1 aromatic heterocycles. The van der Waals surface area contributed by atoms with Crippen LogP contribution in [-0.4, -0.2) is 101 Å². The van der Waals surface area contributed by atoms with Crippen molar-refractivity contribution in [3.63, 3.8) is 0 Å². The number of urea groups is 1. The van der Waals surface area contributed by atoms with Crippen LogP contribution in [0.4, 0.5) is 21.9 Å². The van der Waals surface area contributed by atoms with Crippen molar-refractivity contribution < 1.29 is 43.3 Å². The van der Waals surface area contributed by atoms with Crippen molar-refractivity contribution in [2.45, 2.75) is 91.5 Å². The molecule has 5 aromatic rings. The molecule has 0 saturated carbocycles. The summed E-state index contributed by atoms with van der Waals surface area (Å²) in [5.74, 6) is -0.450. The minimum atomic E-state index is -1.16. The highest BCUT2D eigenvalue weighted by molar-refractivity contribution is 7.13. The van der Waals surface area contributed by atoms with E-state index < -0.39 is 47.0 Å². The smallest absolute Gasteiger partial charge is 0.336 e. The number of thiazole rings is 1. The Kier molecular flexibility index (Phi) is 15.3. The van der Waals surface area contributed by atoms with E-state index in [1.807, 2.05) is 57.5 Å². The Bertz CT molecular complexity index is 2740. The molecule has 16 heteroatoms. The van der Waals surface area contributed by atoms with Gasteiger partial charge in [0, 0.05) is 30.6 Å². The first-order chi connectivity index (χ1) is 32.9. The molecule has 0 bridgehead atoms. The number of aliphatic hydroxyl groups is 1. The number of carbonyl (C=O) groups excluding carboxylic acids is 5. The van der Waals surface area contributed by atoms with Crippen LogP contribution in [0.3, 0.4) is 0 Å². The van der Waals surface area contributed by atoms with E-state index in [0.717, 1.165) is 26.6 Å². The molecule has 2 N–H and O–H groups in total. The van der Waals surface area contributed by atoms with Crippen LogP contribution in [0.15, 0.2) is 96.5 Å². The number of rotatable bonds is 18. The molecule has 0 aliphatic carbocycles. The Morgan fingerprint density at radius 3 is 2.23 bits per heavy atom. The first kappa shape index (κ1) is 50.0. The zero-order valence-electron chi connectivity index (χ0n) is 40.0. The third-order valence-corrected chi connectivity index (χ3v) is 13.3. The first-order valence-electron chi connectivity index (χ1n) is 22.9. The van der Waals surface area contributed by atoms with E-state index in [1.165, 1.54) is 9.80 Å². The number of Topliss-reactive ketones (excluding diaryl/α,β-unsaturated/α-hetero) is 1. The summed E-state index contributed by atoms with van der Waals surface area (Å²) in [5.41, 5.74) is 5.31. The number of ketones is 1. The lowest BCUT2D eigenvalue weighted by Gasteiger charge is -2.35. The Morgan fingerprint density at radius 2 is 1.59 bits per heavy atom. The number of β-amino-alcohol motifs (C(OH)–C–C–N with tert-alkyl or cyclic N) is 1. The lowest BCUT2D eigenvalue weighted by Crippen LogP contribution is -2.56. The lowest BCUT2D eigenvalue weighted by atomic mass is 9.85. The van der Waals surface area contributed by atoms with Gasteiger partial charge in [0.1, 0.15) is 36.3 Å². The van der Waals surface area contributed by atoms with E-state index in [-0.39, 0.29) is 63.1 Å². The van der Waals surface area contributed by atoms with Gasteiger partial charge < -0.3 is 29.5 Å². The number of likely N-dealkylation sites (tertiary alicyclic amines) is 1. The van der Waals surface area contributed by atoms with Crippen LogP contribution in [0.2, 0.25) is 0 Å². The van der Waals surface area contributed by atoms with Gasteiger partial charge in [-0.15, -0.1) is 11.3 Å². The largest absolute Gasteiger partial charge is 0.491 e. The fourth-order valence-electron chi connectivity index (χ4n) is 8.55. The van der Waals surface area contributed by atoms with Gasteiger partial charge in [0.15, 0.2) is 11.5 Å². The molecular formula is C53H58N6O9S. The van der Waals surface area contributed by atoms with E-state index in [2.05, 4.69) is 15.1 Å². The number of imide groups is 1. The number of nitrogens with zero attached hydrogens (tertiary/aromatic N) is 5. The maximum absolute atomic E-state index is 14.2.